The molecule has 0 saturated heterocycles. The van der Waals surface area contributed by atoms with E-state index in [-0.39, 0.29) is 54.4 Å². The van der Waals surface area contributed by atoms with Crippen LogP contribution in [0.1, 0.15) is 33.3 Å². The molecule has 3 aromatic carbocycles. The van der Waals surface area contributed by atoms with Gasteiger partial charge in [-0.25, -0.2) is 4.79 Å². The summed E-state index contributed by atoms with van der Waals surface area (Å²) in [5, 5.41) is 2.47. The third kappa shape index (κ3) is 8.80. The minimum atomic E-state index is -4.79. The Kier molecular flexibility index (Phi) is 10.2. The number of carbonyl (C=O) groups excluding carboxylic acids is 2. The SMILES string of the molecule is COC(=O)C(=O)Nc1cc(-c2ccc(OC(F)(F)F)cc2)ccc1OCc1ccc(C(C)(C)C)cc1.[H-].[Na+]. The molecule has 6 nitrogen and oxygen atoms in total. The number of alkyl halides is 3. The number of hydrogen-bond donors (Lipinski definition) is 1. The fourth-order valence-corrected chi connectivity index (χ4v) is 3.31. The van der Waals surface area contributed by atoms with E-state index < -0.39 is 18.2 Å². The van der Waals surface area contributed by atoms with Gasteiger partial charge in [-0.15, -0.1) is 13.2 Å². The Balaban J connectivity index is 0.00000361. The molecule has 1 amide bonds. The summed E-state index contributed by atoms with van der Waals surface area (Å²) in [4.78, 5) is 23.8. The molecule has 37 heavy (non-hydrogen) atoms. The number of amides is 1. The van der Waals surface area contributed by atoms with Gasteiger partial charge in [0.1, 0.15) is 18.1 Å². The van der Waals surface area contributed by atoms with Crippen molar-refractivity contribution in [1.82, 2.24) is 0 Å². The van der Waals surface area contributed by atoms with Crippen LogP contribution in [0.3, 0.4) is 0 Å². The van der Waals surface area contributed by atoms with Gasteiger partial charge in [0.25, 0.3) is 0 Å². The molecule has 0 unspecified atom stereocenters. The van der Waals surface area contributed by atoms with E-state index >= 15 is 0 Å². The molecule has 10 heteroatoms. The number of hydrogen-bond acceptors (Lipinski definition) is 5. The van der Waals surface area contributed by atoms with Crippen LogP contribution in [0, 0.1) is 0 Å². The Labute approximate surface area is 236 Å². The molecular formula is C27H27F3NNaO5. The number of halogens is 3. The van der Waals surface area contributed by atoms with Gasteiger partial charge in [0, 0.05) is 0 Å². The van der Waals surface area contributed by atoms with Crippen molar-refractivity contribution in [2.45, 2.75) is 39.2 Å². The molecule has 3 rings (SSSR count). The van der Waals surface area contributed by atoms with E-state index in [0.717, 1.165) is 12.7 Å². The first-order valence-electron chi connectivity index (χ1n) is 11.0. The van der Waals surface area contributed by atoms with Crippen molar-refractivity contribution in [2.75, 3.05) is 12.4 Å². The van der Waals surface area contributed by atoms with Crippen molar-refractivity contribution in [3.8, 4) is 22.6 Å². The van der Waals surface area contributed by atoms with E-state index in [9.17, 15) is 22.8 Å². The van der Waals surface area contributed by atoms with E-state index in [1.54, 1.807) is 18.2 Å². The summed E-state index contributed by atoms with van der Waals surface area (Å²) in [6, 6.07) is 18.0. The van der Waals surface area contributed by atoms with Gasteiger partial charge in [-0.1, -0.05) is 63.2 Å². The number of ether oxygens (including phenoxy) is 3. The zero-order chi connectivity index (χ0) is 26.5. The number of methoxy groups -OCH3 is 1. The summed E-state index contributed by atoms with van der Waals surface area (Å²) in [5.74, 6) is -2.14. The molecule has 0 saturated carbocycles. The number of rotatable bonds is 6. The minimum absolute atomic E-state index is 0. The van der Waals surface area contributed by atoms with Crippen LogP contribution in [0.15, 0.2) is 66.7 Å². The normalized spacial score (nSPS) is 11.2. The van der Waals surface area contributed by atoms with E-state index in [2.05, 4.69) is 35.6 Å². The predicted molar refractivity (Wildman–Crippen MR) is 130 cm³/mol. The second-order valence-corrected chi connectivity index (χ2v) is 8.96. The summed E-state index contributed by atoms with van der Waals surface area (Å²) in [7, 11) is 1.08. The summed E-state index contributed by atoms with van der Waals surface area (Å²) >= 11 is 0. The van der Waals surface area contributed by atoms with Crippen molar-refractivity contribution in [3.63, 3.8) is 0 Å². The van der Waals surface area contributed by atoms with Gasteiger partial charge in [-0.3, -0.25) is 4.79 Å². The maximum absolute atomic E-state index is 12.4. The van der Waals surface area contributed by atoms with Gasteiger partial charge < -0.3 is 21.0 Å². The predicted octanol–water partition coefficient (Wildman–Crippen LogP) is 3.36. The Morgan fingerprint density at radius 2 is 1.49 bits per heavy atom. The topological polar surface area (TPSA) is 73.9 Å². The van der Waals surface area contributed by atoms with E-state index in [0.29, 0.717) is 16.9 Å². The first-order chi connectivity index (χ1) is 16.9. The molecule has 0 heterocycles. The number of esters is 1. The van der Waals surface area contributed by atoms with Crippen molar-refractivity contribution >= 4 is 17.6 Å². The van der Waals surface area contributed by atoms with E-state index in [4.69, 9.17) is 4.74 Å². The van der Waals surface area contributed by atoms with Gasteiger partial charge in [-0.2, -0.15) is 0 Å². The van der Waals surface area contributed by atoms with Gasteiger partial charge in [0.2, 0.25) is 0 Å². The molecular weight excluding hydrogens is 498 g/mol. The van der Waals surface area contributed by atoms with Crippen LogP contribution in [0.5, 0.6) is 11.5 Å². The molecule has 0 fully saturated rings. The maximum atomic E-state index is 12.4. The molecule has 0 aliphatic carbocycles. The molecule has 0 radical (unpaired) electrons. The average Bonchev–Trinajstić information content (AvgIpc) is 2.82. The van der Waals surface area contributed by atoms with Crippen LogP contribution >= 0.6 is 0 Å². The van der Waals surface area contributed by atoms with Crippen LogP contribution in [0.25, 0.3) is 11.1 Å². The monoisotopic (exact) mass is 525 g/mol. The Bertz CT molecular complexity index is 1230. The zero-order valence-corrected chi connectivity index (χ0v) is 23.2. The molecule has 0 bridgehead atoms. The summed E-state index contributed by atoms with van der Waals surface area (Å²) in [6.45, 7) is 6.56. The quantitative estimate of drug-likeness (QED) is 0.304. The molecule has 0 aromatic heterocycles. The number of nitrogens with one attached hydrogen (secondary N) is 1. The van der Waals surface area contributed by atoms with Crippen LogP contribution < -0.4 is 44.3 Å². The van der Waals surface area contributed by atoms with Crippen LogP contribution in [0.4, 0.5) is 18.9 Å². The second-order valence-electron chi connectivity index (χ2n) is 8.96. The number of benzene rings is 3. The van der Waals surface area contributed by atoms with Crippen molar-refractivity contribution in [3.05, 3.63) is 77.9 Å². The van der Waals surface area contributed by atoms with Gasteiger partial charge in [-0.05, 0) is 51.9 Å². The first-order valence-corrected chi connectivity index (χ1v) is 11.0. The molecule has 3 aromatic rings. The summed E-state index contributed by atoms with van der Waals surface area (Å²) in [6.07, 6.45) is -4.79. The average molecular weight is 525 g/mol. The Hall–Kier alpha value is -3.01. The second kappa shape index (κ2) is 12.5. The molecule has 0 atom stereocenters. The maximum Gasteiger partial charge on any atom is 1.00 e. The number of carbonyl (C=O) groups is 2. The number of anilines is 1. The van der Waals surface area contributed by atoms with Gasteiger partial charge in [0.05, 0.1) is 12.8 Å². The van der Waals surface area contributed by atoms with Crippen LogP contribution in [-0.2, 0) is 26.3 Å². The fourth-order valence-electron chi connectivity index (χ4n) is 3.31. The molecule has 0 aliphatic heterocycles. The molecule has 192 valence electrons. The third-order valence-electron chi connectivity index (χ3n) is 5.23. The third-order valence-corrected chi connectivity index (χ3v) is 5.23. The molecule has 0 aliphatic rings. The molecule has 0 spiro atoms. The van der Waals surface area contributed by atoms with Crippen molar-refractivity contribution in [2.24, 2.45) is 0 Å². The van der Waals surface area contributed by atoms with E-state index in [1.165, 1.54) is 29.8 Å². The van der Waals surface area contributed by atoms with E-state index in [1.807, 2.05) is 24.3 Å². The van der Waals surface area contributed by atoms with Crippen molar-refractivity contribution in [1.29, 1.82) is 0 Å². The van der Waals surface area contributed by atoms with Crippen LogP contribution in [0.2, 0.25) is 0 Å². The standard InChI is InChI=1S/C27H26F3NO5.Na.H/c1-26(2,3)20-10-5-17(6-11-20)16-35-23-14-9-19(15-22(23)31-24(32)25(33)34-4)18-7-12-21(13-8-18)36-27(28,29)30;;/h5-15H,16H2,1-4H3,(H,31,32);;/q;+1;-1. The largest absolute Gasteiger partial charge is 1.00 e. The first kappa shape index (κ1) is 30.2. The molecule has 1 N–H and O–H groups in total. The van der Waals surface area contributed by atoms with Gasteiger partial charge in [0.15, 0.2) is 0 Å². The smallest absolute Gasteiger partial charge is 1.00 e. The Morgan fingerprint density at radius 3 is 2.03 bits per heavy atom. The minimum Gasteiger partial charge on any atom is -1.00 e. The van der Waals surface area contributed by atoms with Crippen LogP contribution in [-0.4, -0.2) is 25.3 Å². The fraction of sp³-hybridized carbons (Fsp3) is 0.259. The zero-order valence-electron chi connectivity index (χ0n) is 22.2. The van der Waals surface area contributed by atoms with Gasteiger partial charge >= 0.3 is 47.8 Å². The Morgan fingerprint density at radius 1 is 0.892 bits per heavy atom. The van der Waals surface area contributed by atoms with Crippen molar-refractivity contribution < 1.29 is 68.0 Å². The summed E-state index contributed by atoms with van der Waals surface area (Å²) < 4.78 is 51.6. The summed E-state index contributed by atoms with van der Waals surface area (Å²) in [5.41, 5.74) is 3.41.